The lowest BCUT2D eigenvalue weighted by Gasteiger charge is -2.13. The Morgan fingerprint density at radius 3 is 2.67 bits per heavy atom. The number of halogens is 1. The number of amides is 1. The lowest BCUT2D eigenvalue weighted by molar-refractivity contribution is 0.0952. The Morgan fingerprint density at radius 1 is 1.38 bits per heavy atom. The molecular weight excluding hydrogens is 328 g/mol. The van der Waals surface area contributed by atoms with E-state index in [1.165, 1.54) is 0 Å². The van der Waals surface area contributed by atoms with Gasteiger partial charge in [0.25, 0.3) is 11.6 Å². The molecule has 2 N–H and O–H groups in total. The van der Waals surface area contributed by atoms with Crippen LogP contribution in [0.5, 0.6) is 0 Å². The maximum Gasteiger partial charge on any atom is 0.259 e. The van der Waals surface area contributed by atoms with E-state index in [0.717, 1.165) is 29.6 Å². The minimum absolute atomic E-state index is 0. The zero-order chi connectivity index (χ0) is 16.6. The highest BCUT2D eigenvalue weighted by Crippen LogP contribution is 2.41. The summed E-state index contributed by atoms with van der Waals surface area (Å²) in [6.07, 6.45) is 2.25. The van der Waals surface area contributed by atoms with Gasteiger partial charge in [0.05, 0.1) is 16.6 Å². The molecule has 2 aromatic rings. The van der Waals surface area contributed by atoms with Gasteiger partial charge >= 0.3 is 0 Å². The molecule has 1 amide bonds. The molecule has 0 aromatic carbocycles. The Labute approximate surface area is 148 Å². The summed E-state index contributed by atoms with van der Waals surface area (Å²) >= 11 is 0. The second-order valence-electron chi connectivity index (χ2n) is 6.67. The molecule has 7 heteroatoms. The minimum atomic E-state index is -0.0912. The third-order valence-electron chi connectivity index (χ3n) is 4.34. The van der Waals surface area contributed by atoms with E-state index in [-0.39, 0.29) is 30.3 Å². The molecule has 1 atom stereocenters. The van der Waals surface area contributed by atoms with E-state index in [9.17, 15) is 4.79 Å². The fourth-order valence-corrected chi connectivity index (χ4v) is 2.60. The summed E-state index contributed by atoms with van der Waals surface area (Å²) in [5, 5.41) is 11.0. The molecular formula is C17H25ClN4O2. The van der Waals surface area contributed by atoms with E-state index < -0.39 is 0 Å². The molecule has 0 bridgehead atoms. The molecule has 1 unspecified atom stereocenters. The van der Waals surface area contributed by atoms with Gasteiger partial charge < -0.3 is 15.2 Å². The summed E-state index contributed by atoms with van der Waals surface area (Å²) in [6.45, 7) is 6.67. The van der Waals surface area contributed by atoms with Crippen molar-refractivity contribution in [2.75, 3.05) is 13.6 Å². The van der Waals surface area contributed by atoms with Gasteiger partial charge in [-0.1, -0.05) is 19.0 Å². The number of nitrogens with one attached hydrogen (secondary N) is 2. The van der Waals surface area contributed by atoms with E-state index in [2.05, 4.69) is 20.8 Å². The van der Waals surface area contributed by atoms with Gasteiger partial charge in [0.15, 0.2) is 0 Å². The molecule has 0 radical (unpaired) electrons. The van der Waals surface area contributed by atoms with Gasteiger partial charge in [0.2, 0.25) is 0 Å². The van der Waals surface area contributed by atoms with Crippen molar-refractivity contribution in [2.24, 2.45) is 0 Å². The van der Waals surface area contributed by atoms with Gasteiger partial charge in [-0.15, -0.1) is 12.4 Å². The smallest absolute Gasteiger partial charge is 0.259 e. The number of fused-ring (bicyclic) bond motifs is 1. The number of aromatic nitrogens is 2. The minimum Gasteiger partial charge on any atom is -0.350 e. The fraction of sp³-hybridized carbons (Fsp3) is 0.588. The van der Waals surface area contributed by atoms with E-state index in [0.29, 0.717) is 23.7 Å². The molecule has 6 nitrogen and oxygen atoms in total. The summed E-state index contributed by atoms with van der Waals surface area (Å²) in [5.74, 6) is 0.536. The lowest BCUT2D eigenvalue weighted by atomic mass is 10.0. The molecule has 0 spiro atoms. The Hall–Kier alpha value is -1.66. The summed E-state index contributed by atoms with van der Waals surface area (Å²) in [5.41, 5.74) is 2.84. The lowest BCUT2D eigenvalue weighted by Crippen LogP contribution is -2.37. The quantitative estimate of drug-likeness (QED) is 0.835. The average Bonchev–Trinajstić information content (AvgIpc) is 3.30. The van der Waals surface area contributed by atoms with E-state index in [1.54, 1.807) is 0 Å². The van der Waals surface area contributed by atoms with Gasteiger partial charge in [0.1, 0.15) is 0 Å². The molecule has 1 aliphatic rings. The summed E-state index contributed by atoms with van der Waals surface area (Å²) < 4.78 is 5.41. The molecule has 3 rings (SSSR count). The molecule has 1 aliphatic carbocycles. The van der Waals surface area contributed by atoms with Gasteiger partial charge in [-0.05, 0) is 38.8 Å². The number of pyridine rings is 1. The Balaban J connectivity index is 0.00000208. The second-order valence-corrected chi connectivity index (χ2v) is 6.67. The predicted octanol–water partition coefficient (Wildman–Crippen LogP) is 2.98. The third-order valence-corrected chi connectivity index (χ3v) is 4.34. The van der Waals surface area contributed by atoms with Crippen LogP contribution >= 0.6 is 12.4 Å². The predicted molar refractivity (Wildman–Crippen MR) is 96.0 cm³/mol. The first kappa shape index (κ1) is 18.7. The van der Waals surface area contributed by atoms with Crippen LogP contribution in [-0.2, 0) is 0 Å². The SMILES string of the molecule is CNC(C)CNC(=O)c1cc(C2CC2)nc2onc(C(C)C)c12.Cl. The Kier molecular flexibility index (Phi) is 5.83. The molecule has 0 saturated heterocycles. The van der Waals surface area contributed by atoms with Gasteiger partial charge in [0, 0.05) is 24.2 Å². The summed E-state index contributed by atoms with van der Waals surface area (Å²) in [6, 6.07) is 2.13. The van der Waals surface area contributed by atoms with Crippen LogP contribution in [0.25, 0.3) is 11.1 Å². The van der Waals surface area contributed by atoms with Crippen LogP contribution in [-0.4, -0.2) is 35.7 Å². The Bertz CT molecular complexity index is 725. The number of nitrogens with zero attached hydrogens (tertiary/aromatic N) is 2. The van der Waals surface area contributed by atoms with E-state index in [4.69, 9.17) is 4.52 Å². The van der Waals surface area contributed by atoms with Crippen LogP contribution < -0.4 is 10.6 Å². The number of carbonyl (C=O) groups excluding carboxylic acids is 1. The zero-order valence-electron chi connectivity index (χ0n) is 14.5. The number of hydrogen-bond acceptors (Lipinski definition) is 5. The highest BCUT2D eigenvalue weighted by Gasteiger charge is 2.29. The molecule has 2 aromatic heterocycles. The highest BCUT2D eigenvalue weighted by atomic mass is 35.5. The number of carbonyl (C=O) groups is 1. The molecule has 0 aliphatic heterocycles. The van der Waals surface area contributed by atoms with E-state index in [1.807, 2.05) is 33.9 Å². The number of rotatable bonds is 6. The molecule has 132 valence electrons. The van der Waals surface area contributed by atoms with Crippen LogP contribution in [0.3, 0.4) is 0 Å². The average molecular weight is 353 g/mol. The standard InChI is InChI=1S/C17H24N4O2.ClH/c1-9(2)15-14-12(16(22)19-8-10(3)18-4)7-13(11-5-6-11)20-17(14)23-21-15;/h7,9-11,18H,5-6,8H2,1-4H3,(H,19,22);1H. The van der Waals surface area contributed by atoms with Crippen molar-refractivity contribution in [1.29, 1.82) is 0 Å². The number of hydrogen-bond donors (Lipinski definition) is 2. The van der Waals surface area contributed by atoms with Gasteiger partial charge in [-0.2, -0.15) is 0 Å². The van der Waals surface area contributed by atoms with E-state index >= 15 is 0 Å². The van der Waals surface area contributed by atoms with Crippen molar-refractivity contribution < 1.29 is 9.32 Å². The van der Waals surface area contributed by atoms with Crippen molar-refractivity contribution in [3.63, 3.8) is 0 Å². The normalized spacial score (nSPS) is 15.4. The topological polar surface area (TPSA) is 80.0 Å². The van der Waals surface area contributed by atoms with Crippen LogP contribution in [0.2, 0.25) is 0 Å². The van der Waals surface area contributed by atoms with Gasteiger partial charge in [-0.25, -0.2) is 4.98 Å². The monoisotopic (exact) mass is 352 g/mol. The summed E-state index contributed by atoms with van der Waals surface area (Å²) in [4.78, 5) is 17.3. The van der Waals surface area contributed by atoms with Crippen molar-refractivity contribution in [3.8, 4) is 0 Å². The first-order chi connectivity index (χ1) is 11.0. The van der Waals surface area contributed by atoms with Crippen molar-refractivity contribution in [2.45, 2.75) is 51.5 Å². The first-order valence-electron chi connectivity index (χ1n) is 8.27. The molecule has 1 saturated carbocycles. The van der Waals surface area contributed by atoms with Crippen LogP contribution in [0.1, 0.15) is 67.2 Å². The first-order valence-corrected chi connectivity index (χ1v) is 8.27. The van der Waals surface area contributed by atoms with Crippen molar-refractivity contribution >= 4 is 29.4 Å². The van der Waals surface area contributed by atoms with Gasteiger partial charge in [-0.3, -0.25) is 4.79 Å². The van der Waals surface area contributed by atoms with Crippen molar-refractivity contribution in [3.05, 3.63) is 23.0 Å². The second kappa shape index (κ2) is 7.49. The molecule has 24 heavy (non-hydrogen) atoms. The Morgan fingerprint density at radius 2 is 2.08 bits per heavy atom. The summed E-state index contributed by atoms with van der Waals surface area (Å²) in [7, 11) is 1.88. The zero-order valence-corrected chi connectivity index (χ0v) is 15.4. The maximum absolute atomic E-state index is 12.7. The van der Waals surface area contributed by atoms with Crippen LogP contribution in [0, 0.1) is 0 Å². The largest absolute Gasteiger partial charge is 0.350 e. The maximum atomic E-state index is 12.7. The highest BCUT2D eigenvalue weighted by molar-refractivity contribution is 6.06. The third kappa shape index (κ3) is 3.70. The van der Waals surface area contributed by atoms with Crippen molar-refractivity contribution in [1.82, 2.24) is 20.8 Å². The van der Waals surface area contributed by atoms with Crippen LogP contribution in [0.4, 0.5) is 0 Å². The molecule has 1 fully saturated rings. The van der Waals surface area contributed by atoms with Crippen LogP contribution in [0.15, 0.2) is 10.6 Å². The molecule has 2 heterocycles. The fourth-order valence-electron chi connectivity index (χ4n) is 2.60. The number of likely N-dealkylation sites (N-methyl/N-ethyl adjacent to an activating group) is 1.